The fourth-order valence-corrected chi connectivity index (χ4v) is 2.13. The number of nitrogens with zero attached hydrogens (tertiary/aromatic N) is 3. The molecule has 3 N–H and O–H groups in total. The summed E-state index contributed by atoms with van der Waals surface area (Å²) in [6.07, 6.45) is 1.77. The molecule has 0 amide bonds. The van der Waals surface area contributed by atoms with E-state index in [9.17, 15) is 0 Å². The molecule has 0 spiro atoms. The number of ether oxygens (including phenoxy) is 1. The molecule has 21 heavy (non-hydrogen) atoms. The van der Waals surface area contributed by atoms with Crippen molar-refractivity contribution >= 4 is 28.2 Å². The minimum Gasteiger partial charge on any atom is -0.384 e. The third-order valence-corrected chi connectivity index (χ3v) is 2.97. The lowest BCUT2D eigenvalue weighted by Gasteiger charge is -2.10. The van der Waals surface area contributed by atoms with E-state index in [0.717, 1.165) is 16.6 Å². The normalized spacial score (nSPS) is 10.7. The van der Waals surface area contributed by atoms with E-state index in [1.807, 2.05) is 30.3 Å². The van der Waals surface area contributed by atoms with Gasteiger partial charge in [0.15, 0.2) is 5.82 Å². The number of nitrogens with two attached hydrogens (primary N) is 1. The Hall–Kier alpha value is -2.73. The molecule has 0 aliphatic carbocycles. The first-order valence-corrected chi connectivity index (χ1v) is 6.49. The van der Waals surface area contributed by atoms with Crippen molar-refractivity contribution in [2.75, 3.05) is 18.2 Å². The number of anilines is 3. The minimum absolute atomic E-state index is 0.316. The summed E-state index contributed by atoms with van der Waals surface area (Å²) in [6, 6.07) is 11.5. The fourth-order valence-electron chi connectivity index (χ4n) is 2.13. The van der Waals surface area contributed by atoms with Gasteiger partial charge in [-0.25, -0.2) is 9.97 Å². The summed E-state index contributed by atoms with van der Waals surface area (Å²) in [7, 11) is 1.59. The number of pyridine rings is 1. The van der Waals surface area contributed by atoms with Crippen LogP contribution in [0.1, 0.15) is 5.82 Å². The number of nitrogen functional groups attached to an aromatic ring is 1. The van der Waals surface area contributed by atoms with E-state index in [-0.39, 0.29) is 0 Å². The van der Waals surface area contributed by atoms with E-state index in [1.165, 1.54) is 0 Å². The molecule has 0 saturated heterocycles. The quantitative estimate of drug-likeness (QED) is 0.764. The Kier molecular flexibility index (Phi) is 3.61. The lowest BCUT2D eigenvalue weighted by molar-refractivity contribution is 0.178. The number of methoxy groups -OCH3 is 1. The van der Waals surface area contributed by atoms with Gasteiger partial charge >= 0.3 is 0 Å². The van der Waals surface area contributed by atoms with Crippen molar-refractivity contribution in [2.45, 2.75) is 6.61 Å². The van der Waals surface area contributed by atoms with Crippen molar-refractivity contribution in [3.05, 3.63) is 48.4 Å². The number of hydrogen-bond donors (Lipinski definition) is 2. The van der Waals surface area contributed by atoms with Crippen LogP contribution in [0.15, 0.2) is 42.6 Å². The second-order valence-electron chi connectivity index (χ2n) is 4.53. The Morgan fingerprint density at radius 1 is 1.19 bits per heavy atom. The van der Waals surface area contributed by atoms with E-state index in [4.69, 9.17) is 10.5 Å². The molecule has 0 unspecified atom stereocenters. The predicted octanol–water partition coefficient (Wildman–Crippen LogP) is 2.50. The number of aromatic nitrogens is 3. The van der Waals surface area contributed by atoms with Gasteiger partial charge in [-0.05, 0) is 24.3 Å². The maximum atomic E-state index is 5.80. The molecule has 106 valence electrons. The van der Waals surface area contributed by atoms with Crippen LogP contribution in [0.4, 0.5) is 17.3 Å². The molecule has 0 atom stereocenters. The molecule has 2 heterocycles. The van der Waals surface area contributed by atoms with Crippen LogP contribution >= 0.6 is 0 Å². The molecular weight excluding hydrogens is 266 g/mol. The average Bonchev–Trinajstić information content (AvgIpc) is 2.47. The van der Waals surface area contributed by atoms with Crippen LogP contribution in [0.2, 0.25) is 0 Å². The third kappa shape index (κ3) is 2.90. The Morgan fingerprint density at radius 2 is 2.10 bits per heavy atom. The molecule has 0 saturated carbocycles. The zero-order valence-corrected chi connectivity index (χ0v) is 11.6. The van der Waals surface area contributed by atoms with Crippen molar-refractivity contribution in [1.29, 1.82) is 0 Å². The van der Waals surface area contributed by atoms with Crippen LogP contribution in [0.3, 0.4) is 0 Å². The topological polar surface area (TPSA) is 86.0 Å². The fraction of sp³-hybridized carbons (Fsp3) is 0.133. The van der Waals surface area contributed by atoms with E-state index >= 15 is 0 Å². The van der Waals surface area contributed by atoms with Crippen molar-refractivity contribution < 1.29 is 4.74 Å². The molecule has 3 rings (SSSR count). The van der Waals surface area contributed by atoms with Crippen LogP contribution in [-0.2, 0) is 11.3 Å². The summed E-state index contributed by atoms with van der Waals surface area (Å²) in [6.45, 7) is 0.316. The molecule has 0 radical (unpaired) electrons. The number of benzene rings is 1. The molecule has 2 aromatic heterocycles. The van der Waals surface area contributed by atoms with Crippen molar-refractivity contribution in [2.24, 2.45) is 0 Å². The van der Waals surface area contributed by atoms with Crippen LogP contribution in [-0.4, -0.2) is 22.1 Å². The number of fused-ring (bicyclic) bond motifs is 1. The molecule has 0 aliphatic heterocycles. The lowest BCUT2D eigenvalue weighted by atomic mass is 10.2. The Labute approximate surface area is 122 Å². The minimum atomic E-state index is 0.316. The van der Waals surface area contributed by atoms with Gasteiger partial charge in [0.05, 0.1) is 5.52 Å². The lowest BCUT2D eigenvalue weighted by Crippen LogP contribution is -2.04. The van der Waals surface area contributed by atoms with Crippen molar-refractivity contribution in [3.63, 3.8) is 0 Å². The van der Waals surface area contributed by atoms with Crippen LogP contribution in [0, 0.1) is 0 Å². The van der Waals surface area contributed by atoms with E-state index < -0.39 is 0 Å². The zero-order chi connectivity index (χ0) is 14.7. The molecule has 0 aliphatic rings. The Bertz CT molecular complexity index is 770. The highest BCUT2D eigenvalue weighted by Gasteiger charge is 2.05. The molecule has 6 heteroatoms. The molecule has 0 fully saturated rings. The van der Waals surface area contributed by atoms with E-state index in [1.54, 1.807) is 19.4 Å². The maximum absolute atomic E-state index is 5.80. The third-order valence-electron chi connectivity index (χ3n) is 2.97. The summed E-state index contributed by atoms with van der Waals surface area (Å²) in [5.74, 6) is 1.57. The van der Waals surface area contributed by atoms with Gasteiger partial charge in [0.25, 0.3) is 0 Å². The second-order valence-corrected chi connectivity index (χ2v) is 4.53. The molecule has 1 aromatic carbocycles. The highest BCUT2D eigenvalue weighted by molar-refractivity contribution is 5.92. The molecule has 6 nitrogen and oxygen atoms in total. The Balaban J connectivity index is 1.98. The monoisotopic (exact) mass is 281 g/mol. The van der Waals surface area contributed by atoms with Gasteiger partial charge in [0.2, 0.25) is 0 Å². The number of rotatable bonds is 4. The van der Waals surface area contributed by atoms with Crippen molar-refractivity contribution in [3.8, 4) is 0 Å². The van der Waals surface area contributed by atoms with Crippen LogP contribution in [0.5, 0.6) is 0 Å². The van der Waals surface area contributed by atoms with E-state index in [0.29, 0.717) is 24.1 Å². The standard InChI is InChI=1S/C15H15N5O/c1-21-9-15-19-13(16)8-14(20-15)18-12-6-2-5-11-10(12)4-3-7-17-11/h2-8H,9H2,1H3,(H3,16,18,19,20). The van der Waals surface area contributed by atoms with Gasteiger partial charge in [-0.3, -0.25) is 4.98 Å². The largest absolute Gasteiger partial charge is 0.384 e. The molecule has 0 bridgehead atoms. The van der Waals surface area contributed by atoms with Gasteiger partial charge < -0.3 is 15.8 Å². The number of nitrogens with one attached hydrogen (secondary N) is 1. The van der Waals surface area contributed by atoms with Crippen LogP contribution in [0.25, 0.3) is 10.9 Å². The van der Waals surface area contributed by atoms with E-state index in [2.05, 4.69) is 20.3 Å². The highest BCUT2D eigenvalue weighted by atomic mass is 16.5. The maximum Gasteiger partial charge on any atom is 0.158 e. The van der Waals surface area contributed by atoms with Gasteiger partial charge in [-0.1, -0.05) is 6.07 Å². The second kappa shape index (κ2) is 5.72. The smallest absolute Gasteiger partial charge is 0.158 e. The van der Waals surface area contributed by atoms with Crippen LogP contribution < -0.4 is 11.1 Å². The van der Waals surface area contributed by atoms with Crippen molar-refractivity contribution in [1.82, 2.24) is 15.0 Å². The SMILES string of the molecule is COCc1nc(N)cc(Nc2cccc3ncccc23)n1. The zero-order valence-electron chi connectivity index (χ0n) is 11.6. The summed E-state index contributed by atoms with van der Waals surface area (Å²) in [4.78, 5) is 12.8. The first-order valence-electron chi connectivity index (χ1n) is 6.49. The van der Waals surface area contributed by atoms with Gasteiger partial charge in [-0.2, -0.15) is 0 Å². The molecule has 3 aromatic rings. The predicted molar refractivity (Wildman–Crippen MR) is 82.2 cm³/mol. The van der Waals surface area contributed by atoms with Gasteiger partial charge in [-0.15, -0.1) is 0 Å². The summed E-state index contributed by atoms with van der Waals surface area (Å²) in [5.41, 5.74) is 7.63. The summed E-state index contributed by atoms with van der Waals surface area (Å²) in [5, 5.41) is 4.28. The number of hydrogen-bond acceptors (Lipinski definition) is 6. The first-order chi connectivity index (χ1) is 10.3. The Morgan fingerprint density at radius 3 is 2.95 bits per heavy atom. The average molecular weight is 281 g/mol. The highest BCUT2D eigenvalue weighted by Crippen LogP contribution is 2.24. The van der Waals surface area contributed by atoms with Gasteiger partial charge in [0.1, 0.15) is 18.2 Å². The summed E-state index contributed by atoms with van der Waals surface area (Å²) < 4.78 is 5.04. The first kappa shape index (κ1) is 13.3. The molecular formula is C15H15N5O. The van der Waals surface area contributed by atoms with Gasteiger partial charge in [0, 0.05) is 30.4 Å². The summed E-state index contributed by atoms with van der Waals surface area (Å²) >= 11 is 0.